The smallest absolute Gasteiger partial charge is 0.104 e. The van der Waals surface area contributed by atoms with E-state index < -0.39 is 0 Å². The molecule has 3 heteroatoms. The highest BCUT2D eigenvalue weighted by atomic mass is 32.2. The SMILES string of the molecule is Cc1nc2ccc(Sc3ccccc3)cc2[nH]1. The van der Waals surface area contributed by atoms with Crippen LogP contribution in [0.5, 0.6) is 0 Å². The molecule has 17 heavy (non-hydrogen) atoms. The number of nitrogens with one attached hydrogen (secondary N) is 1. The van der Waals surface area contributed by atoms with Crippen LogP contribution in [0.2, 0.25) is 0 Å². The van der Waals surface area contributed by atoms with Crippen LogP contribution in [-0.2, 0) is 0 Å². The zero-order valence-corrected chi connectivity index (χ0v) is 10.3. The van der Waals surface area contributed by atoms with Gasteiger partial charge in [-0.3, -0.25) is 0 Å². The van der Waals surface area contributed by atoms with E-state index in [0.717, 1.165) is 16.9 Å². The topological polar surface area (TPSA) is 28.7 Å². The van der Waals surface area contributed by atoms with Gasteiger partial charge in [-0.1, -0.05) is 30.0 Å². The summed E-state index contributed by atoms with van der Waals surface area (Å²) in [7, 11) is 0. The van der Waals surface area contributed by atoms with E-state index in [0.29, 0.717) is 0 Å². The lowest BCUT2D eigenvalue weighted by molar-refractivity contribution is 1.17. The molecule has 0 spiro atoms. The second-order valence-corrected chi connectivity index (χ2v) is 5.06. The van der Waals surface area contributed by atoms with Crippen molar-refractivity contribution in [3.63, 3.8) is 0 Å². The van der Waals surface area contributed by atoms with Gasteiger partial charge in [0.1, 0.15) is 5.82 Å². The highest BCUT2D eigenvalue weighted by Crippen LogP contribution is 2.29. The number of aromatic nitrogens is 2. The molecular weight excluding hydrogens is 228 g/mol. The van der Waals surface area contributed by atoms with Crippen LogP contribution in [0.15, 0.2) is 58.3 Å². The van der Waals surface area contributed by atoms with Crippen LogP contribution in [0.25, 0.3) is 11.0 Å². The summed E-state index contributed by atoms with van der Waals surface area (Å²) in [6.45, 7) is 1.98. The first-order valence-electron chi connectivity index (χ1n) is 5.50. The number of imidazole rings is 1. The Bertz CT molecular complexity index is 644. The lowest BCUT2D eigenvalue weighted by Crippen LogP contribution is -1.74. The number of fused-ring (bicyclic) bond motifs is 1. The molecule has 2 aromatic carbocycles. The van der Waals surface area contributed by atoms with Gasteiger partial charge in [-0.25, -0.2) is 4.98 Å². The third-order valence-corrected chi connectivity index (χ3v) is 3.55. The molecule has 0 amide bonds. The molecule has 0 fully saturated rings. The molecule has 3 rings (SSSR count). The second kappa shape index (κ2) is 4.26. The quantitative estimate of drug-likeness (QED) is 0.732. The Labute approximate surface area is 104 Å². The van der Waals surface area contributed by atoms with Crippen LogP contribution in [0.3, 0.4) is 0 Å². The van der Waals surface area contributed by atoms with Crippen LogP contribution in [0, 0.1) is 6.92 Å². The summed E-state index contributed by atoms with van der Waals surface area (Å²) in [5.41, 5.74) is 2.13. The molecule has 1 heterocycles. The Balaban J connectivity index is 1.95. The van der Waals surface area contributed by atoms with Crippen molar-refractivity contribution < 1.29 is 0 Å². The molecule has 0 radical (unpaired) electrons. The van der Waals surface area contributed by atoms with Crippen molar-refractivity contribution in [2.45, 2.75) is 16.7 Å². The summed E-state index contributed by atoms with van der Waals surface area (Å²) >= 11 is 1.76. The van der Waals surface area contributed by atoms with Crippen molar-refractivity contribution in [2.75, 3.05) is 0 Å². The molecule has 0 saturated carbocycles. The number of H-pyrrole nitrogens is 1. The molecule has 0 bridgehead atoms. The zero-order valence-electron chi connectivity index (χ0n) is 9.47. The third-order valence-electron chi connectivity index (χ3n) is 2.55. The maximum atomic E-state index is 4.40. The van der Waals surface area contributed by atoms with Crippen LogP contribution in [0.4, 0.5) is 0 Å². The van der Waals surface area contributed by atoms with Crippen molar-refractivity contribution >= 4 is 22.8 Å². The third kappa shape index (κ3) is 2.19. The van der Waals surface area contributed by atoms with Crippen LogP contribution in [-0.4, -0.2) is 9.97 Å². The Morgan fingerprint density at radius 1 is 1.00 bits per heavy atom. The first-order chi connectivity index (χ1) is 8.31. The minimum atomic E-state index is 0.960. The average Bonchev–Trinajstić information content (AvgIpc) is 2.70. The Morgan fingerprint density at radius 2 is 1.82 bits per heavy atom. The Hall–Kier alpha value is -1.74. The standard InChI is InChI=1S/C14H12N2S/c1-10-15-13-8-7-12(9-14(13)16-10)17-11-5-3-2-4-6-11/h2-9H,1H3,(H,15,16). The van der Waals surface area contributed by atoms with Gasteiger partial charge in [0.05, 0.1) is 11.0 Å². The number of benzene rings is 2. The fourth-order valence-electron chi connectivity index (χ4n) is 1.80. The summed E-state index contributed by atoms with van der Waals surface area (Å²) in [6, 6.07) is 16.7. The fraction of sp³-hybridized carbons (Fsp3) is 0.0714. The molecule has 1 N–H and O–H groups in total. The van der Waals surface area contributed by atoms with Crippen molar-refractivity contribution in [3.8, 4) is 0 Å². The van der Waals surface area contributed by atoms with Gasteiger partial charge >= 0.3 is 0 Å². The van der Waals surface area contributed by atoms with Gasteiger partial charge in [0.2, 0.25) is 0 Å². The summed E-state index contributed by atoms with van der Waals surface area (Å²) in [5.74, 6) is 0.960. The van der Waals surface area contributed by atoms with Crippen molar-refractivity contribution in [3.05, 3.63) is 54.4 Å². The van der Waals surface area contributed by atoms with E-state index in [2.05, 4.69) is 52.4 Å². The molecule has 3 aromatic rings. The number of hydrogen-bond acceptors (Lipinski definition) is 2. The number of aromatic amines is 1. The van der Waals surface area contributed by atoms with E-state index in [1.807, 2.05) is 13.0 Å². The molecular formula is C14H12N2S. The maximum absolute atomic E-state index is 4.40. The highest BCUT2D eigenvalue weighted by Gasteiger charge is 2.02. The van der Waals surface area contributed by atoms with Crippen LogP contribution in [0.1, 0.15) is 5.82 Å². The van der Waals surface area contributed by atoms with Crippen molar-refractivity contribution in [1.29, 1.82) is 0 Å². The minimum Gasteiger partial charge on any atom is -0.342 e. The molecule has 0 aliphatic rings. The molecule has 0 aliphatic carbocycles. The van der Waals surface area contributed by atoms with E-state index in [9.17, 15) is 0 Å². The number of aryl methyl sites for hydroxylation is 1. The fourth-order valence-corrected chi connectivity index (χ4v) is 2.68. The monoisotopic (exact) mass is 240 g/mol. The normalized spacial score (nSPS) is 10.9. The zero-order chi connectivity index (χ0) is 11.7. The first-order valence-corrected chi connectivity index (χ1v) is 6.32. The second-order valence-electron chi connectivity index (χ2n) is 3.92. The van der Waals surface area contributed by atoms with Gasteiger partial charge in [0.15, 0.2) is 0 Å². The Morgan fingerprint density at radius 3 is 2.65 bits per heavy atom. The van der Waals surface area contributed by atoms with Crippen molar-refractivity contribution in [1.82, 2.24) is 9.97 Å². The number of hydrogen-bond donors (Lipinski definition) is 1. The average molecular weight is 240 g/mol. The number of rotatable bonds is 2. The highest BCUT2D eigenvalue weighted by molar-refractivity contribution is 7.99. The lowest BCUT2D eigenvalue weighted by Gasteiger charge is -2.00. The van der Waals surface area contributed by atoms with Crippen LogP contribution >= 0.6 is 11.8 Å². The summed E-state index contributed by atoms with van der Waals surface area (Å²) in [5, 5.41) is 0. The molecule has 2 nitrogen and oxygen atoms in total. The van der Waals surface area contributed by atoms with E-state index >= 15 is 0 Å². The summed E-state index contributed by atoms with van der Waals surface area (Å²) in [4.78, 5) is 10.1. The van der Waals surface area contributed by atoms with E-state index in [1.54, 1.807) is 11.8 Å². The molecule has 84 valence electrons. The van der Waals surface area contributed by atoms with E-state index in [4.69, 9.17) is 0 Å². The summed E-state index contributed by atoms with van der Waals surface area (Å²) in [6.07, 6.45) is 0. The van der Waals surface area contributed by atoms with E-state index in [-0.39, 0.29) is 0 Å². The van der Waals surface area contributed by atoms with Gasteiger partial charge in [0, 0.05) is 9.79 Å². The molecule has 0 aliphatic heterocycles. The van der Waals surface area contributed by atoms with Crippen LogP contribution < -0.4 is 0 Å². The molecule has 1 aromatic heterocycles. The van der Waals surface area contributed by atoms with Crippen molar-refractivity contribution in [2.24, 2.45) is 0 Å². The predicted octanol–water partition coefficient (Wildman–Crippen LogP) is 4.02. The summed E-state index contributed by atoms with van der Waals surface area (Å²) < 4.78 is 0. The van der Waals surface area contributed by atoms with E-state index in [1.165, 1.54) is 9.79 Å². The molecule has 0 saturated heterocycles. The van der Waals surface area contributed by atoms with Gasteiger partial charge in [-0.05, 0) is 37.3 Å². The minimum absolute atomic E-state index is 0.960. The largest absolute Gasteiger partial charge is 0.342 e. The van der Waals surface area contributed by atoms with Gasteiger partial charge in [-0.15, -0.1) is 0 Å². The van der Waals surface area contributed by atoms with Gasteiger partial charge in [-0.2, -0.15) is 0 Å². The predicted molar refractivity (Wildman–Crippen MR) is 71.4 cm³/mol. The lowest BCUT2D eigenvalue weighted by atomic mass is 10.3. The molecule has 0 unspecified atom stereocenters. The molecule has 0 atom stereocenters. The van der Waals surface area contributed by atoms with Gasteiger partial charge < -0.3 is 4.98 Å². The maximum Gasteiger partial charge on any atom is 0.104 e. The number of nitrogens with zero attached hydrogens (tertiary/aromatic N) is 1. The Kier molecular flexibility index (Phi) is 2.61. The first kappa shape index (κ1) is 10.4. The van der Waals surface area contributed by atoms with Gasteiger partial charge in [0.25, 0.3) is 0 Å².